The summed E-state index contributed by atoms with van der Waals surface area (Å²) < 4.78 is 13.0. The van der Waals surface area contributed by atoms with Gasteiger partial charge in [-0.1, -0.05) is 31.2 Å². The Morgan fingerprint density at radius 1 is 1.50 bits per heavy atom. The van der Waals surface area contributed by atoms with Crippen LogP contribution in [0.3, 0.4) is 0 Å². The highest BCUT2D eigenvalue weighted by atomic mass is 19.1. The Labute approximate surface area is 85.5 Å². The van der Waals surface area contributed by atoms with Gasteiger partial charge < -0.3 is 0 Å². The van der Waals surface area contributed by atoms with Crippen LogP contribution in [0.15, 0.2) is 30.4 Å². The molecule has 0 saturated heterocycles. The summed E-state index contributed by atoms with van der Waals surface area (Å²) in [6, 6.07) is 5.30. The number of benzene rings is 1. The van der Waals surface area contributed by atoms with Crippen LogP contribution in [-0.4, -0.2) is 0 Å². The van der Waals surface area contributed by atoms with Gasteiger partial charge in [-0.2, -0.15) is 0 Å². The second-order valence-electron chi connectivity index (χ2n) is 4.04. The predicted octanol–water partition coefficient (Wildman–Crippen LogP) is 3.89. The van der Waals surface area contributed by atoms with E-state index in [0.717, 1.165) is 12.0 Å². The molecule has 14 heavy (non-hydrogen) atoms. The van der Waals surface area contributed by atoms with E-state index in [9.17, 15) is 4.39 Å². The first-order chi connectivity index (χ1) is 6.50. The van der Waals surface area contributed by atoms with E-state index in [0.29, 0.717) is 5.92 Å². The van der Waals surface area contributed by atoms with Crippen LogP contribution >= 0.6 is 0 Å². The second kappa shape index (κ2) is 4.41. The third-order valence-corrected chi connectivity index (χ3v) is 2.61. The van der Waals surface area contributed by atoms with Crippen molar-refractivity contribution in [2.24, 2.45) is 5.92 Å². The van der Waals surface area contributed by atoms with Crippen molar-refractivity contribution < 1.29 is 4.39 Å². The van der Waals surface area contributed by atoms with Gasteiger partial charge in [0.2, 0.25) is 0 Å². The summed E-state index contributed by atoms with van der Waals surface area (Å²) in [4.78, 5) is 0. The topological polar surface area (TPSA) is 0 Å². The van der Waals surface area contributed by atoms with Crippen LogP contribution in [-0.2, 0) is 6.42 Å². The maximum atomic E-state index is 13.0. The third-order valence-electron chi connectivity index (χ3n) is 2.61. The Balaban J connectivity index is 2.78. The molecule has 1 heteroatoms. The smallest absolute Gasteiger partial charge is 0.126 e. The molecule has 0 nitrogen and oxygen atoms in total. The molecule has 0 heterocycles. The summed E-state index contributed by atoms with van der Waals surface area (Å²) >= 11 is 0. The zero-order valence-electron chi connectivity index (χ0n) is 9.10. The minimum atomic E-state index is -0.128. The zero-order chi connectivity index (χ0) is 10.7. The molecule has 1 aromatic rings. The third kappa shape index (κ3) is 2.69. The van der Waals surface area contributed by atoms with Gasteiger partial charge in [-0.05, 0) is 43.4 Å². The Morgan fingerprint density at radius 2 is 2.14 bits per heavy atom. The van der Waals surface area contributed by atoms with Crippen molar-refractivity contribution in [2.45, 2.75) is 27.2 Å². The average Bonchev–Trinajstić information content (AvgIpc) is 2.11. The predicted molar refractivity (Wildman–Crippen MR) is 58.8 cm³/mol. The lowest BCUT2D eigenvalue weighted by molar-refractivity contribution is 0.615. The standard InChI is InChI=1S/C13H17F/c1-9(2)10(3)7-12-5-6-13(14)11(4)8-12/h5-6,8,10H,1,7H2,2-4H3. The van der Waals surface area contributed by atoms with E-state index < -0.39 is 0 Å². The van der Waals surface area contributed by atoms with Crippen LogP contribution in [0.5, 0.6) is 0 Å². The summed E-state index contributed by atoms with van der Waals surface area (Å²) in [5.74, 6) is 0.330. The molecule has 0 bridgehead atoms. The number of halogens is 1. The molecular formula is C13H17F. The summed E-state index contributed by atoms with van der Waals surface area (Å²) in [7, 11) is 0. The molecule has 1 aromatic carbocycles. The number of hydrogen-bond donors (Lipinski definition) is 0. The number of rotatable bonds is 3. The first-order valence-electron chi connectivity index (χ1n) is 4.91. The molecule has 0 saturated carbocycles. The maximum absolute atomic E-state index is 13.0. The van der Waals surface area contributed by atoms with E-state index >= 15 is 0 Å². The molecule has 0 aliphatic carbocycles. The van der Waals surface area contributed by atoms with Crippen molar-refractivity contribution in [3.05, 3.63) is 47.3 Å². The first-order valence-corrected chi connectivity index (χ1v) is 4.91. The number of aryl methyl sites for hydroxylation is 1. The van der Waals surface area contributed by atoms with Gasteiger partial charge in [0, 0.05) is 0 Å². The van der Waals surface area contributed by atoms with Crippen LogP contribution in [0.4, 0.5) is 4.39 Å². The van der Waals surface area contributed by atoms with Gasteiger partial charge >= 0.3 is 0 Å². The highest BCUT2D eigenvalue weighted by Gasteiger charge is 2.05. The molecular weight excluding hydrogens is 175 g/mol. The lowest BCUT2D eigenvalue weighted by Gasteiger charge is -2.11. The number of hydrogen-bond acceptors (Lipinski definition) is 0. The van der Waals surface area contributed by atoms with Gasteiger partial charge in [0.25, 0.3) is 0 Å². The maximum Gasteiger partial charge on any atom is 0.126 e. The van der Waals surface area contributed by atoms with Gasteiger partial charge in [0.15, 0.2) is 0 Å². The SMILES string of the molecule is C=C(C)C(C)Cc1ccc(F)c(C)c1. The van der Waals surface area contributed by atoms with E-state index in [1.165, 1.54) is 17.2 Å². The van der Waals surface area contributed by atoms with E-state index in [1.54, 1.807) is 6.92 Å². The molecule has 0 fully saturated rings. The van der Waals surface area contributed by atoms with Crippen molar-refractivity contribution in [1.82, 2.24) is 0 Å². The summed E-state index contributed by atoms with van der Waals surface area (Å²) in [5.41, 5.74) is 3.07. The minimum Gasteiger partial charge on any atom is -0.207 e. The molecule has 0 amide bonds. The Bertz CT molecular complexity index is 339. The van der Waals surface area contributed by atoms with Gasteiger partial charge in [-0.15, -0.1) is 0 Å². The zero-order valence-corrected chi connectivity index (χ0v) is 9.10. The molecule has 0 spiro atoms. The van der Waals surface area contributed by atoms with Gasteiger partial charge in [-0.25, -0.2) is 4.39 Å². The fourth-order valence-corrected chi connectivity index (χ4v) is 1.36. The second-order valence-corrected chi connectivity index (χ2v) is 4.04. The fraction of sp³-hybridized carbons (Fsp3) is 0.385. The van der Waals surface area contributed by atoms with Gasteiger partial charge in [-0.3, -0.25) is 0 Å². The Kier molecular flexibility index (Phi) is 3.45. The van der Waals surface area contributed by atoms with Gasteiger partial charge in [0.05, 0.1) is 0 Å². The highest BCUT2D eigenvalue weighted by Crippen LogP contribution is 2.17. The lowest BCUT2D eigenvalue weighted by atomic mass is 9.95. The van der Waals surface area contributed by atoms with Crippen LogP contribution in [0.2, 0.25) is 0 Å². The van der Waals surface area contributed by atoms with Crippen LogP contribution in [0.25, 0.3) is 0 Å². The van der Waals surface area contributed by atoms with Crippen molar-refractivity contribution in [3.63, 3.8) is 0 Å². The monoisotopic (exact) mass is 192 g/mol. The summed E-state index contributed by atoms with van der Waals surface area (Å²) in [6.07, 6.45) is 0.941. The molecule has 1 atom stereocenters. The van der Waals surface area contributed by atoms with Crippen LogP contribution < -0.4 is 0 Å². The lowest BCUT2D eigenvalue weighted by Crippen LogP contribution is -2.00. The van der Waals surface area contributed by atoms with Crippen molar-refractivity contribution >= 4 is 0 Å². The average molecular weight is 192 g/mol. The molecule has 0 aliphatic heterocycles. The first kappa shape index (κ1) is 11.0. The molecule has 1 rings (SSSR count). The Hall–Kier alpha value is -1.11. The molecule has 76 valence electrons. The molecule has 0 aromatic heterocycles. The number of allylic oxidation sites excluding steroid dienone is 1. The quantitative estimate of drug-likeness (QED) is 0.637. The highest BCUT2D eigenvalue weighted by molar-refractivity contribution is 5.25. The molecule has 0 radical (unpaired) electrons. The molecule has 0 aliphatic rings. The minimum absolute atomic E-state index is 0.128. The van der Waals surface area contributed by atoms with Crippen LogP contribution in [0.1, 0.15) is 25.0 Å². The molecule has 1 unspecified atom stereocenters. The van der Waals surface area contributed by atoms with E-state index in [4.69, 9.17) is 0 Å². The van der Waals surface area contributed by atoms with E-state index in [1.807, 2.05) is 19.1 Å². The van der Waals surface area contributed by atoms with E-state index in [-0.39, 0.29) is 5.82 Å². The summed E-state index contributed by atoms with van der Waals surface area (Å²) in [6.45, 7) is 9.88. The summed E-state index contributed by atoms with van der Waals surface area (Å²) in [5, 5.41) is 0. The van der Waals surface area contributed by atoms with Crippen molar-refractivity contribution in [3.8, 4) is 0 Å². The van der Waals surface area contributed by atoms with Gasteiger partial charge in [0.1, 0.15) is 5.82 Å². The largest absolute Gasteiger partial charge is 0.207 e. The Morgan fingerprint density at radius 3 is 2.64 bits per heavy atom. The van der Waals surface area contributed by atoms with Crippen LogP contribution in [0, 0.1) is 18.7 Å². The van der Waals surface area contributed by atoms with E-state index in [2.05, 4.69) is 13.5 Å². The van der Waals surface area contributed by atoms with Crippen molar-refractivity contribution in [2.75, 3.05) is 0 Å². The normalized spacial score (nSPS) is 12.6. The van der Waals surface area contributed by atoms with Crippen molar-refractivity contribution in [1.29, 1.82) is 0 Å². The fourth-order valence-electron chi connectivity index (χ4n) is 1.36. The molecule has 0 N–H and O–H groups in total.